The molecule has 2 aliphatic rings. The van der Waals surface area contributed by atoms with Crippen LogP contribution in [0.5, 0.6) is 5.75 Å². The molecule has 2 atom stereocenters. The standard InChI is InChI=1S/C15H15F3N2O3/c16-15(17,18)14(23)10-6-2-3-7-11(10)19-20(14)13(22)9-5-1-4-8-12(9)21/h1,4-5,8,10,21,23H,2-3,6-7H2/t10-,14+/m1/s1. The van der Waals surface area contributed by atoms with Gasteiger partial charge >= 0.3 is 6.18 Å². The van der Waals surface area contributed by atoms with Crippen LogP contribution in [0.3, 0.4) is 0 Å². The van der Waals surface area contributed by atoms with Gasteiger partial charge in [0.15, 0.2) is 0 Å². The molecular weight excluding hydrogens is 313 g/mol. The summed E-state index contributed by atoms with van der Waals surface area (Å²) in [6.07, 6.45) is -3.43. The molecule has 1 saturated carbocycles. The van der Waals surface area contributed by atoms with Crippen LogP contribution >= 0.6 is 0 Å². The zero-order valence-corrected chi connectivity index (χ0v) is 12.0. The maximum atomic E-state index is 13.6. The third-order valence-corrected chi connectivity index (χ3v) is 4.36. The van der Waals surface area contributed by atoms with E-state index in [0.29, 0.717) is 19.3 Å². The zero-order chi connectivity index (χ0) is 16.8. The lowest BCUT2D eigenvalue weighted by molar-refractivity contribution is -0.312. The average molecular weight is 328 g/mol. The number of hydrazone groups is 1. The van der Waals surface area contributed by atoms with Crippen molar-refractivity contribution in [2.24, 2.45) is 11.0 Å². The van der Waals surface area contributed by atoms with Crippen molar-refractivity contribution in [3.8, 4) is 5.75 Å². The zero-order valence-electron chi connectivity index (χ0n) is 12.0. The van der Waals surface area contributed by atoms with Gasteiger partial charge in [0.25, 0.3) is 11.6 Å². The van der Waals surface area contributed by atoms with Crippen molar-refractivity contribution in [3.05, 3.63) is 29.8 Å². The molecule has 2 N–H and O–H groups in total. The number of alkyl halides is 3. The second-order valence-corrected chi connectivity index (χ2v) is 5.75. The molecule has 1 heterocycles. The van der Waals surface area contributed by atoms with Crippen molar-refractivity contribution in [2.45, 2.75) is 37.6 Å². The van der Waals surface area contributed by atoms with Gasteiger partial charge in [0.05, 0.1) is 11.5 Å². The Labute approximate surface area is 130 Å². The molecule has 3 rings (SSSR count). The van der Waals surface area contributed by atoms with Gasteiger partial charge in [-0.05, 0) is 31.4 Å². The minimum Gasteiger partial charge on any atom is -0.507 e. The van der Waals surface area contributed by atoms with Gasteiger partial charge in [-0.3, -0.25) is 4.79 Å². The molecular formula is C15H15F3N2O3. The van der Waals surface area contributed by atoms with Gasteiger partial charge in [-0.2, -0.15) is 23.3 Å². The number of carbonyl (C=O) groups excluding carboxylic acids is 1. The van der Waals surface area contributed by atoms with Crippen molar-refractivity contribution in [1.29, 1.82) is 0 Å². The molecule has 0 aromatic heterocycles. The van der Waals surface area contributed by atoms with Gasteiger partial charge in [-0.15, -0.1) is 0 Å². The first-order chi connectivity index (χ1) is 10.8. The lowest BCUT2D eigenvalue weighted by atomic mass is 9.80. The van der Waals surface area contributed by atoms with E-state index in [1.165, 1.54) is 24.3 Å². The van der Waals surface area contributed by atoms with Crippen LogP contribution in [0.1, 0.15) is 36.0 Å². The summed E-state index contributed by atoms with van der Waals surface area (Å²) in [5, 5.41) is 24.0. The van der Waals surface area contributed by atoms with E-state index in [0.717, 1.165) is 0 Å². The lowest BCUT2D eigenvalue weighted by Gasteiger charge is -2.38. The van der Waals surface area contributed by atoms with Crippen molar-refractivity contribution in [1.82, 2.24) is 5.01 Å². The van der Waals surface area contributed by atoms with Crippen molar-refractivity contribution < 1.29 is 28.2 Å². The Kier molecular flexibility index (Phi) is 3.59. The number of aliphatic hydroxyl groups is 1. The molecule has 0 unspecified atom stereocenters. The van der Waals surface area contributed by atoms with Gasteiger partial charge in [-0.1, -0.05) is 18.6 Å². The van der Waals surface area contributed by atoms with Crippen LogP contribution in [0.2, 0.25) is 0 Å². The fourth-order valence-corrected chi connectivity index (χ4v) is 3.19. The summed E-state index contributed by atoms with van der Waals surface area (Å²) in [7, 11) is 0. The number of benzene rings is 1. The average Bonchev–Trinajstić information content (AvgIpc) is 2.82. The second-order valence-electron chi connectivity index (χ2n) is 5.75. The normalized spacial score (nSPS) is 27.6. The topological polar surface area (TPSA) is 73.1 Å². The van der Waals surface area contributed by atoms with Crippen molar-refractivity contribution in [2.75, 3.05) is 0 Å². The number of para-hydroxylation sites is 1. The van der Waals surface area contributed by atoms with E-state index in [2.05, 4.69) is 5.10 Å². The van der Waals surface area contributed by atoms with E-state index < -0.39 is 29.5 Å². The number of nitrogens with zero attached hydrogens (tertiary/aromatic N) is 2. The predicted octanol–water partition coefficient (Wildman–Crippen LogP) is 2.65. The lowest BCUT2D eigenvalue weighted by Crippen LogP contribution is -2.61. The van der Waals surface area contributed by atoms with Crippen LogP contribution in [0.25, 0.3) is 0 Å². The maximum absolute atomic E-state index is 13.6. The van der Waals surface area contributed by atoms with E-state index in [1.54, 1.807) is 0 Å². The van der Waals surface area contributed by atoms with Gasteiger partial charge in [0.1, 0.15) is 5.75 Å². The van der Waals surface area contributed by atoms with Crippen LogP contribution in [0.4, 0.5) is 13.2 Å². The van der Waals surface area contributed by atoms with E-state index in [-0.39, 0.29) is 22.7 Å². The molecule has 0 saturated heterocycles. The molecule has 23 heavy (non-hydrogen) atoms. The fourth-order valence-electron chi connectivity index (χ4n) is 3.19. The highest BCUT2D eigenvalue weighted by molar-refractivity contribution is 6.01. The van der Waals surface area contributed by atoms with Crippen LogP contribution < -0.4 is 0 Å². The number of phenols is 1. The van der Waals surface area contributed by atoms with Crippen LogP contribution in [-0.2, 0) is 0 Å². The largest absolute Gasteiger partial charge is 0.507 e. The SMILES string of the molecule is O=C(c1ccccc1O)N1N=C2CCCC[C@H]2[C@]1(O)C(F)(F)F. The number of carbonyl (C=O) groups is 1. The number of hydrogen-bond donors (Lipinski definition) is 2. The van der Waals surface area contributed by atoms with E-state index >= 15 is 0 Å². The van der Waals surface area contributed by atoms with Gasteiger partial charge in [0, 0.05) is 5.71 Å². The Hall–Kier alpha value is -2.09. The van der Waals surface area contributed by atoms with E-state index in [4.69, 9.17) is 0 Å². The molecule has 1 aliphatic heterocycles. The molecule has 1 aromatic rings. The maximum Gasteiger partial charge on any atom is 0.439 e. The van der Waals surface area contributed by atoms with E-state index in [9.17, 15) is 28.2 Å². The minimum atomic E-state index is -5.06. The number of amides is 1. The Morgan fingerprint density at radius 3 is 2.65 bits per heavy atom. The monoisotopic (exact) mass is 328 g/mol. The quantitative estimate of drug-likeness (QED) is 0.832. The second kappa shape index (κ2) is 5.23. The molecule has 5 nitrogen and oxygen atoms in total. The van der Waals surface area contributed by atoms with Gasteiger partial charge in [-0.25, -0.2) is 0 Å². The first-order valence-corrected chi connectivity index (χ1v) is 7.26. The summed E-state index contributed by atoms with van der Waals surface area (Å²) in [6.45, 7) is 0. The Bertz CT molecular complexity index is 674. The number of aromatic hydroxyl groups is 1. The van der Waals surface area contributed by atoms with Crippen LogP contribution in [-0.4, -0.2) is 38.7 Å². The number of halogens is 3. The summed E-state index contributed by atoms with van der Waals surface area (Å²) >= 11 is 0. The predicted molar refractivity (Wildman–Crippen MR) is 74.7 cm³/mol. The first kappa shape index (κ1) is 15.8. The minimum absolute atomic E-state index is 0.0906. The molecule has 0 bridgehead atoms. The highest BCUT2D eigenvalue weighted by atomic mass is 19.4. The summed E-state index contributed by atoms with van der Waals surface area (Å²) in [5.41, 5.74) is -3.53. The number of rotatable bonds is 1. The Morgan fingerprint density at radius 2 is 2.00 bits per heavy atom. The number of phenolic OH excluding ortho intramolecular Hbond substituents is 1. The molecule has 1 fully saturated rings. The highest BCUT2D eigenvalue weighted by Crippen LogP contribution is 2.48. The van der Waals surface area contributed by atoms with Gasteiger partial charge in [0.2, 0.25) is 0 Å². The third kappa shape index (κ3) is 2.28. The molecule has 124 valence electrons. The summed E-state index contributed by atoms with van der Waals surface area (Å²) in [5.74, 6) is -2.90. The van der Waals surface area contributed by atoms with Crippen molar-refractivity contribution >= 4 is 11.6 Å². The first-order valence-electron chi connectivity index (χ1n) is 7.26. The molecule has 0 spiro atoms. The molecule has 8 heteroatoms. The summed E-state index contributed by atoms with van der Waals surface area (Å²) < 4.78 is 40.7. The van der Waals surface area contributed by atoms with Crippen LogP contribution in [0, 0.1) is 5.92 Å². The van der Waals surface area contributed by atoms with Gasteiger partial charge < -0.3 is 10.2 Å². The van der Waals surface area contributed by atoms with Crippen LogP contribution in [0.15, 0.2) is 29.4 Å². The van der Waals surface area contributed by atoms with Crippen molar-refractivity contribution in [3.63, 3.8) is 0 Å². The molecule has 1 aromatic carbocycles. The third-order valence-electron chi connectivity index (χ3n) is 4.36. The summed E-state index contributed by atoms with van der Waals surface area (Å²) in [6, 6.07) is 5.24. The fraction of sp³-hybridized carbons (Fsp3) is 0.467. The summed E-state index contributed by atoms with van der Waals surface area (Å²) in [4.78, 5) is 12.5. The Balaban J connectivity index is 2.07. The molecule has 1 aliphatic carbocycles. The Morgan fingerprint density at radius 1 is 1.30 bits per heavy atom. The molecule has 0 radical (unpaired) electrons. The molecule has 1 amide bonds. The highest BCUT2D eigenvalue weighted by Gasteiger charge is 2.68. The number of fused-ring (bicyclic) bond motifs is 1. The number of hydrogen-bond acceptors (Lipinski definition) is 4. The smallest absolute Gasteiger partial charge is 0.439 e. The van der Waals surface area contributed by atoms with E-state index in [1.807, 2.05) is 0 Å².